The normalized spacial score (nSPS) is 20.1. The van der Waals surface area contributed by atoms with Crippen molar-refractivity contribution in [3.63, 3.8) is 0 Å². The number of furan rings is 1. The van der Waals surface area contributed by atoms with Gasteiger partial charge in [0.25, 0.3) is 5.91 Å². The van der Waals surface area contributed by atoms with Crippen molar-refractivity contribution in [2.75, 3.05) is 13.1 Å². The number of aromatic nitrogens is 2. The summed E-state index contributed by atoms with van der Waals surface area (Å²) in [6, 6.07) is 9.53. The number of ether oxygens (including phenoxy) is 1. The van der Waals surface area contributed by atoms with E-state index in [0.29, 0.717) is 29.8 Å². The van der Waals surface area contributed by atoms with Gasteiger partial charge in [-0.2, -0.15) is 0 Å². The molecule has 6 nitrogen and oxygen atoms in total. The number of carbonyl (C=O) groups excluding carboxylic acids is 1. The Kier molecular flexibility index (Phi) is 5.13. The molecule has 0 N–H and O–H groups in total. The molecule has 0 aliphatic carbocycles. The van der Waals surface area contributed by atoms with E-state index >= 15 is 0 Å². The molecule has 0 saturated carbocycles. The molecular weight excluding hydrogens is 362 g/mol. The summed E-state index contributed by atoms with van der Waals surface area (Å²) in [4.78, 5) is 23.6. The molecule has 3 aromatic rings. The number of nitrogens with zero attached hydrogens (tertiary/aromatic N) is 3. The molecule has 1 aliphatic heterocycles. The highest BCUT2D eigenvalue weighted by Gasteiger charge is 2.30. The Labute approximate surface area is 161 Å². The highest BCUT2D eigenvalue weighted by atomic mass is 32.2. The number of carbonyl (C=O) groups is 1. The number of hydrogen-bond acceptors (Lipinski definition) is 6. The van der Waals surface area contributed by atoms with E-state index in [0.717, 1.165) is 16.5 Å². The first-order valence-corrected chi connectivity index (χ1v) is 9.95. The number of fused-ring (bicyclic) bond motifs is 1. The van der Waals surface area contributed by atoms with Crippen LogP contribution in [0.5, 0.6) is 0 Å². The summed E-state index contributed by atoms with van der Waals surface area (Å²) in [7, 11) is 0. The van der Waals surface area contributed by atoms with Crippen LogP contribution in [0.3, 0.4) is 0 Å². The van der Waals surface area contributed by atoms with Crippen molar-refractivity contribution in [2.24, 2.45) is 0 Å². The van der Waals surface area contributed by atoms with Gasteiger partial charge in [0.05, 0.1) is 12.2 Å². The van der Waals surface area contributed by atoms with Crippen molar-refractivity contribution >= 4 is 28.6 Å². The maximum atomic E-state index is 13.2. The molecule has 0 radical (unpaired) electrons. The van der Waals surface area contributed by atoms with Gasteiger partial charge in [-0.25, -0.2) is 9.97 Å². The van der Waals surface area contributed by atoms with Gasteiger partial charge < -0.3 is 14.1 Å². The zero-order valence-corrected chi connectivity index (χ0v) is 16.1. The van der Waals surface area contributed by atoms with Gasteiger partial charge in [0.1, 0.15) is 5.58 Å². The number of amides is 1. The highest BCUT2D eigenvalue weighted by Crippen LogP contribution is 2.32. The third-order valence-electron chi connectivity index (χ3n) is 4.49. The Hall–Kier alpha value is -2.38. The van der Waals surface area contributed by atoms with E-state index in [-0.39, 0.29) is 18.1 Å². The van der Waals surface area contributed by atoms with Crippen LogP contribution in [0.2, 0.25) is 0 Å². The molecule has 2 unspecified atom stereocenters. The molecule has 1 saturated heterocycles. The van der Waals surface area contributed by atoms with Crippen molar-refractivity contribution in [1.29, 1.82) is 0 Å². The fourth-order valence-electron chi connectivity index (χ4n) is 3.40. The van der Waals surface area contributed by atoms with Crippen molar-refractivity contribution in [3.8, 4) is 0 Å². The second-order valence-electron chi connectivity index (χ2n) is 6.69. The largest absolute Gasteiger partial charge is 0.451 e. The number of para-hydroxylation sites is 1. The van der Waals surface area contributed by atoms with Crippen LogP contribution in [0, 0.1) is 0 Å². The molecule has 1 aromatic carbocycles. The van der Waals surface area contributed by atoms with Gasteiger partial charge in [0.15, 0.2) is 10.9 Å². The van der Waals surface area contributed by atoms with E-state index in [2.05, 4.69) is 9.97 Å². The summed E-state index contributed by atoms with van der Waals surface area (Å²) < 4.78 is 11.7. The molecular formula is C20H21N3O3S. The number of rotatable bonds is 4. The summed E-state index contributed by atoms with van der Waals surface area (Å²) in [6.45, 7) is 5.10. The minimum absolute atomic E-state index is 0.0117. The average Bonchev–Trinajstić information content (AvgIpc) is 3.04. The van der Waals surface area contributed by atoms with E-state index < -0.39 is 0 Å². The van der Waals surface area contributed by atoms with Gasteiger partial charge in [0, 0.05) is 42.2 Å². The van der Waals surface area contributed by atoms with Gasteiger partial charge in [-0.05, 0) is 26.0 Å². The summed E-state index contributed by atoms with van der Waals surface area (Å²) in [5.41, 5.74) is 1.61. The van der Waals surface area contributed by atoms with Crippen LogP contribution in [-0.4, -0.2) is 46.1 Å². The monoisotopic (exact) mass is 383 g/mol. The number of hydrogen-bond donors (Lipinski definition) is 0. The molecule has 140 valence electrons. The fraction of sp³-hybridized carbons (Fsp3) is 0.350. The third kappa shape index (κ3) is 3.84. The first kappa shape index (κ1) is 18.0. The van der Waals surface area contributed by atoms with Gasteiger partial charge in [-0.15, -0.1) is 0 Å². The Morgan fingerprint density at radius 2 is 1.85 bits per heavy atom. The van der Waals surface area contributed by atoms with Gasteiger partial charge in [-0.1, -0.05) is 30.0 Å². The predicted molar refractivity (Wildman–Crippen MR) is 104 cm³/mol. The lowest BCUT2D eigenvalue weighted by Gasteiger charge is -2.34. The molecule has 0 spiro atoms. The quantitative estimate of drug-likeness (QED) is 0.505. The standard InChI is InChI=1S/C20H21N3O3S/c1-13-10-23(11-14(2)25-13)19(24)18-16(12-27-20-21-8-5-9-22-20)15-6-3-4-7-17(15)26-18/h3-9,13-14H,10-12H2,1-2H3. The van der Waals surface area contributed by atoms with E-state index in [1.807, 2.05) is 43.0 Å². The third-order valence-corrected chi connectivity index (χ3v) is 5.39. The van der Waals surface area contributed by atoms with Crippen LogP contribution in [0.4, 0.5) is 0 Å². The lowest BCUT2D eigenvalue weighted by molar-refractivity contribution is -0.0592. The minimum Gasteiger partial charge on any atom is -0.451 e. The Morgan fingerprint density at radius 3 is 2.59 bits per heavy atom. The number of morpholine rings is 1. The summed E-state index contributed by atoms with van der Waals surface area (Å²) >= 11 is 1.49. The molecule has 27 heavy (non-hydrogen) atoms. The maximum Gasteiger partial charge on any atom is 0.290 e. The fourth-order valence-corrected chi connectivity index (χ4v) is 4.23. The Morgan fingerprint density at radius 1 is 1.15 bits per heavy atom. The Bertz CT molecular complexity index is 934. The number of thioether (sulfide) groups is 1. The zero-order valence-electron chi connectivity index (χ0n) is 15.3. The molecule has 2 aromatic heterocycles. The molecule has 1 aliphatic rings. The van der Waals surface area contributed by atoms with Crippen molar-refractivity contribution in [2.45, 2.75) is 37.0 Å². The molecule has 1 fully saturated rings. The van der Waals surface area contributed by atoms with E-state index in [9.17, 15) is 4.79 Å². The van der Waals surface area contributed by atoms with Crippen LogP contribution in [0.15, 0.2) is 52.3 Å². The van der Waals surface area contributed by atoms with Crippen LogP contribution in [0.1, 0.15) is 30.0 Å². The SMILES string of the molecule is CC1CN(C(=O)c2oc3ccccc3c2CSc2ncccn2)CC(C)O1. The lowest BCUT2D eigenvalue weighted by atomic mass is 10.1. The molecule has 1 amide bonds. The zero-order chi connectivity index (χ0) is 18.8. The van der Waals surface area contributed by atoms with Crippen molar-refractivity contribution in [1.82, 2.24) is 14.9 Å². The highest BCUT2D eigenvalue weighted by molar-refractivity contribution is 7.98. The molecule has 4 rings (SSSR count). The molecule has 3 heterocycles. The summed E-state index contributed by atoms with van der Waals surface area (Å²) in [6.07, 6.45) is 3.45. The van der Waals surface area contributed by atoms with Crippen LogP contribution in [-0.2, 0) is 10.5 Å². The van der Waals surface area contributed by atoms with Crippen molar-refractivity contribution < 1.29 is 13.9 Å². The predicted octanol–water partition coefficient (Wildman–Crippen LogP) is 3.76. The number of benzene rings is 1. The minimum atomic E-state index is -0.0854. The average molecular weight is 383 g/mol. The summed E-state index contributed by atoms with van der Waals surface area (Å²) in [5.74, 6) is 0.885. The van der Waals surface area contributed by atoms with Gasteiger partial charge >= 0.3 is 0 Å². The van der Waals surface area contributed by atoms with Crippen LogP contribution < -0.4 is 0 Å². The second-order valence-corrected chi connectivity index (χ2v) is 7.64. The van der Waals surface area contributed by atoms with Crippen LogP contribution in [0.25, 0.3) is 11.0 Å². The summed E-state index contributed by atoms with van der Waals surface area (Å²) in [5, 5.41) is 1.63. The Balaban J connectivity index is 1.66. The van der Waals surface area contributed by atoms with Crippen LogP contribution >= 0.6 is 11.8 Å². The lowest BCUT2D eigenvalue weighted by Crippen LogP contribution is -2.48. The smallest absolute Gasteiger partial charge is 0.290 e. The first-order valence-electron chi connectivity index (χ1n) is 8.97. The van der Waals surface area contributed by atoms with Gasteiger partial charge in [0.2, 0.25) is 0 Å². The second kappa shape index (κ2) is 7.70. The maximum absolute atomic E-state index is 13.2. The van der Waals surface area contributed by atoms with E-state index in [4.69, 9.17) is 9.15 Å². The van der Waals surface area contributed by atoms with Crippen molar-refractivity contribution in [3.05, 3.63) is 54.0 Å². The molecule has 2 atom stereocenters. The van der Waals surface area contributed by atoms with E-state index in [1.165, 1.54) is 11.8 Å². The molecule has 7 heteroatoms. The van der Waals surface area contributed by atoms with Gasteiger partial charge in [-0.3, -0.25) is 4.79 Å². The first-order chi connectivity index (χ1) is 13.1. The van der Waals surface area contributed by atoms with E-state index in [1.54, 1.807) is 18.5 Å². The topological polar surface area (TPSA) is 68.5 Å². The molecule has 0 bridgehead atoms.